The van der Waals surface area contributed by atoms with Crippen molar-refractivity contribution >= 4 is 5.65 Å². The minimum Gasteiger partial charge on any atom is -0.314 e. The number of hydrogen-bond donors (Lipinski definition) is 2. The molecule has 3 aromatic rings. The first-order valence-electron chi connectivity index (χ1n) is 10.4. The lowest BCUT2D eigenvalue weighted by molar-refractivity contribution is 0.165. The highest BCUT2D eigenvalue weighted by Crippen LogP contribution is 2.31. The van der Waals surface area contributed by atoms with Gasteiger partial charge in [0, 0.05) is 48.7 Å². The van der Waals surface area contributed by atoms with Gasteiger partial charge in [-0.05, 0) is 50.8 Å². The number of aromatic amines is 1. The summed E-state index contributed by atoms with van der Waals surface area (Å²) in [5, 5.41) is 3.50. The van der Waals surface area contributed by atoms with Gasteiger partial charge in [-0.25, -0.2) is 14.2 Å². The van der Waals surface area contributed by atoms with Crippen LogP contribution in [0.25, 0.3) is 16.9 Å². The van der Waals surface area contributed by atoms with E-state index in [0.29, 0.717) is 28.9 Å². The molecule has 5 rings (SSSR count). The van der Waals surface area contributed by atoms with Crippen molar-refractivity contribution in [3.8, 4) is 11.3 Å². The first kappa shape index (κ1) is 18.5. The average Bonchev–Trinajstić information content (AvgIpc) is 3.17. The number of H-pyrrole nitrogens is 1. The quantitative estimate of drug-likeness (QED) is 0.714. The van der Waals surface area contributed by atoms with Gasteiger partial charge in [-0.3, -0.25) is 4.40 Å². The number of nitrogens with zero attached hydrogens (tertiary/aromatic N) is 3. The third-order valence-electron chi connectivity index (χ3n) is 6.51. The van der Waals surface area contributed by atoms with E-state index < -0.39 is 0 Å². The van der Waals surface area contributed by atoms with E-state index in [1.54, 1.807) is 24.4 Å². The van der Waals surface area contributed by atoms with Gasteiger partial charge in [0.15, 0.2) is 0 Å². The maximum absolute atomic E-state index is 14.3. The van der Waals surface area contributed by atoms with Crippen molar-refractivity contribution in [3.05, 3.63) is 58.0 Å². The number of benzene rings is 1. The van der Waals surface area contributed by atoms with Crippen molar-refractivity contribution in [2.24, 2.45) is 5.92 Å². The zero-order valence-corrected chi connectivity index (χ0v) is 16.6. The van der Waals surface area contributed by atoms with Crippen molar-refractivity contribution in [3.63, 3.8) is 0 Å². The van der Waals surface area contributed by atoms with E-state index in [4.69, 9.17) is 4.98 Å². The lowest BCUT2D eigenvalue weighted by Crippen LogP contribution is -2.50. The highest BCUT2D eigenvalue weighted by molar-refractivity contribution is 5.65. The van der Waals surface area contributed by atoms with Gasteiger partial charge in [0.2, 0.25) is 0 Å². The molecule has 2 aliphatic rings. The Hall–Kier alpha value is -2.51. The predicted molar refractivity (Wildman–Crippen MR) is 111 cm³/mol. The standard InChI is InChI=1S/C22H26FN5O/c1-27-9-8-24-12-15(27)10-14-6-7-19-17(11-14)21-25-20(13-28(21)22(29)26-19)16-4-2-3-5-18(16)23/h2-5,13-15,24H,6-12H2,1H3,(H,26,29). The molecule has 1 aromatic carbocycles. The summed E-state index contributed by atoms with van der Waals surface area (Å²) in [6.45, 7) is 3.16. The van der Waals surface area contributed by atoms with Crippen molar-refractivity contribution in [2.45, 2.75) is 31.7 Å². The molecule has 0 spiro atoms. The molecule has 152 valence electrons. The van der Waals surface area contributed by atoms with E-state index in [1.165, 1.54) is 10.5 Å². The molecule has 0 radical (unpaired) electrons. The number of aryl methyl sites for hydroxylation is 1. The molecule has 6 nitrogen and oxygen atoms in total. The second kappa shape index (κ2) is 7.39. The molecule has 2 unspecified atom stereocenters. The van der Waals surface area contributed by atoms with Gasteiger partial charge >= 0.3 is 5.69 Å². The van der Waals surface area contributed by atoms with Crippen LogP contribution in [0.15, 0.2) is 35.3 Å². The Morgan fingerprint density at radius 3 is 3.00 bits per heavy atom. The molecule has 1 fully saturated rings. The highest BCUT2D eigenvalue weighted by atomic mass is 19.1. The van der Waals surface area contributed by atoms with Crippen molar-refractivity contribution in [1.29, 1.82) is 0 Å². The van der Waals surface area contributed by atoms with E-state index >= 15 is 0 Å². The monoisotopic (exact) mass is 395 g/mol. The second-order valence-corrected chi connectivity index (χ2v) is 8.37. The van der Waals surface area contributed by atoms with Crippen LogP contribution in [0.2, 0.25) is 0 Å². The SMILES string of the molecule is CN1CCNCC1CC1CCc2[nH]c(=O)n3cc(-c4ccccc4F)nc3c2C1. The summed E-state index contributed by atoms with van der Waals surface area (Å²) in [7, 11) is 2.20. The van der Waals surface area contributed by atoms with Gasteiger partial charge in [0.1, 0.15) is 11.5 Å². The number of aromatic nitrogens is 3. The molecule has 1 aliphatic heterocycles. The van der Waals surface area contributed by atoms with Gasteiger partial charge in [0.05, 0.1) is 5.69 Å². The maximum atomic E-state index is 14.3. The summed E-state index contributed by atoms with van der Waals surface area (Å²) < 4.78 is 15.8. The lowest BCUT2D eigenvalue weighted by atomic mass is 9.82. The van der Waals surface area contributed by atoms with Crippen molar-refractivity contribution in [1.82, 2.24) is 24.6 Å². The van der Waals surface area contributed by atoms with Crippen LogP contribution < -0.4 is 11.0 Å². The molecule has 0 saturated carbocycles. The molecule has 3 heterocycles. The fourth-order valence-corrected chi connectivity index (χ4v) is 4.83. The van der Waals surface area contributed by atoms with Crippen molar-refractivity contribution in [2.75, 3.05) is 26.7 Å². The summed E-state index contributed by atoms with van der Waals surface area (Å²) in [6.07, 6.45) is 5.61. The first-order valence-corrected chi connectivity index (χ1v) is 10.4. The number of imidazole rings is 1. The molecular formula is C22H26FN5O. The van der Waals surface area contributed by atoms with Gasteiger partial charge in [-0.2, -0.15) is 0 Å². The number of hydrogen-bond acceptors (Lipinski definition) is 4. The molecule has 2 aromatic heterocycles. The smallest absolute Gasteiger partial charge is 0.314 e. The Labute approximate surface area is 168 Å². The van der Waals surface area contributed by atoms with Gasteiger partial charge in [-0.1, -0.05) is 12.1 Å². The van der Waals surface area contributed by atoms with E-state index in [9.17, 15) is 9.18 Å². The molecule has 0 bridgehead atoms. The molecule has 7 heteroatoms. The second-order valence-electron chi connectivity index (χ2n) is 8.37. The topological polar surface area (TPSA) is 65.4 Å². The van der Waals surface area contributed by atoms with Crippen LogP contribution in [0.4, 0.5) is 4.39 Å². The molecule has 29 heavy (non-hydrogen) atoms. The highest BCUT2D eigenvalue weighted by Gasteiger charge is 2.28. The number of rotatable bonds is 3. The minimum atomic E-state index is -0.327. The zero-order valence-electron chi connectivity index (χ0n) is 16.6. The normalized spacial score (nSPS) is 22.7. The maximum Gasteiger partial charge on any atom is 0.331 e. The summed E-state index contributed by atoms with van der Waals surface area (Å²) in [5.41, 5.74) is 3.48. The Morgan fingerprint density at radius 2 is 2.17 bits per heavy atom. The molecule has 2 N–H and O–H groups in total. The van der Waals surface area contributed by atoms with Gasteiger partial charge in [0.25, 0.3) is 0 Å². The van der Waals surface area contributed by atoms with Crippen LogP contribution in [0, 0.1) is 11.7 Å². The number of nitrogens with one attached hydrogen (secondary N) is 2. The van der Waals surface area contributed by atoms with Crippen LogP contribution >= 0.6 is 0 Å². The number of likely N-dealkylation sites (N-methyl/N-ethyl adjacent to an activating group) is 1. The summed E-state index contributed by atoms with van der Waals surface area (Å²) >= 11 is 0. The average molecular weight is 395 g/mol. The van der Waals surface area contributed by atoms with Crippen LogP contribution in [0.3, 0.4) is 0 Å². The van der Waals surface area contributed by atoms with Crippen LogP contribution in [-0.4, -0.2) is 52.0 Å². The third-order valence-corrected chi connectivity index (χ3v) is 6.51. The lowest BCUT2D eigenvalue weighted by Gasteiger charge is -2.36. The van der Waals surface area contributed by atoms with Gasteiger partial charge in [-0.15, -0.1) is 0 Å². The van der Waals surface area contributed by atoms with E-state index in [2.05, 4.69) is 22.2 Å². The first-order chi connectivity index (χ1) is 14.1. The van der Waals surface area contributed by atoms with E-state index in [1.807, 2.05) is 0 Å². The Kier molecular flexibility index (Phi) is 4.72. The largest absolute Gasteiger partial charge is 0.331 e. The molecular weight excluding hydrogens is 369 g/mol. The molecule has 0 amide bonds. The fraction of sp³-hybridized carbons (Fsp3) is 0.455. The summed E-state index contributed by atoms with van der Waals surface area (Å²) in [6, 6.07) is 7.11. The van der Waals surface area contributed by atoms with Crippen molar-refractivity contribution < 1.29 is 4.39 Å². The molecule has 1 saturated heterocycles. The van der Waals surface area contributed by atoms with Crippen LogP contribution in [0.1, 0.15) is 24.1 Å². The van der Waals surface area contributed by atoms with E-state index in [0.717, 1.165) is 56.6 Å². The molecule has 1 aliphatic carbocycles. The van der Waals surface area contributed by atoms with Gasteiger partial charge < -0.3 is 15.2 Å². The fourth-order valence-electron chi connectivity index (χ4n) is 4.83. The predicted octanol–water partition coefficient (Wildman–Crippen LogP) is 2.23. The van der Waals surface area contributed by atoms with Crippen LogP contribution in [0.5, 0.6) is 0 Å². The van der Waals surface area contributed by atoms with E-state index in [-0.39, 0.29) is 11.5 Å². The number of fused-ring (bicyclic) bond motifs is 3. The third kappa shape index (κ3) is 3.38. The summed E-state index contributed by atoms with van der Waals surface area (Å²) in [4.78, 5) is 22.8. The Morgan fingerprint density at radius 1 is 1.31 bits per heavy atom. The number of halogens is 1. The summed E-state index contributed by atoms with van der Waals surface area (Å²) in [5.74, 6) is 0.227. The Balaban J connectivity index is 1.50. The molecule has 2 atom stereocenters. The minimum absolute atomic E-state index is 0.205. The Bertz CT molecular complexity index is 1100. The zero-order chi connectivity index (χ0) is 20.0. The number of piperazine rings is 1. The van der Waals surface area contributed by atoms with Crippen LogP contribution in [-0.2, 0) is 12.8 Å².